The van der Waals surface area contributed by atoms with E-state index in [0.717, 1.165) is 31.1 Å². The molecule has 0 fully saturated rings. The average Bonchev–Trinajstić information content (AvgIpc) is 2.47. The Kier molecular flexibility index (Phi) is 9.76. The van der Waals surface area contributed by atoms with Crippen LogP contribution in [0.5, 0.6) is 5.75 Å². The minimum Gasteiger partial charge on any atom is -0.494 e. The molecule has 0 heterocycles. The molecule has 0 saturated carbocycles. The minimum atomic E-state index is 0.695. The van der Waals surface area contributed by atoms with E-state index >= 15 is 0 Å². The number of ether oxygens (including phenoxy) is 2. The maximum absolute atomic E-state index is 5.61. The van der Waals surface area contributed by atoms with Crippen LogP contribution < -0.4 is 10.5 Å². The molecule has 0 amide bonds. The molecule has 0 saturated heterocycles. The average molecular weight is 279 g/mol. The summed E-state index contributed by atoms with van der Waals surface area (Å²) in [4.78, 5) is 0. The first-order chi connectivity index (χ1) is 9.83. The molecule has 114 valence electrons. The van der Waals surface area contributed by atoms with E-state index in [2.05, 4.69) is 6.92 Å². The lowest BCUT2D eigenvalue weighted by molar-refractivity contribution is 0.116. The Hall–Kier alpha value is -1.22. The van der Waals surface area contributed by atoms with Crippen LogP contribution in [0.1, 0.15) is 51.9 Å². The molecule has 0 aliphatic rings. The summed E-state index contributed by atoms with van der Waals surface area (Å²) in [7, 11) is 0. The molecule has 3 heteroatoms. The largest absolute Gasteiger partial charge is 0.494 e. The van der Waals surface area contributed by atoms with Crippen LogP contribution in [0, 0.1) is 0 Å². The van der Waals surface area contributed by atoms with Gasteiger partial charge < -0.3 is 15.2 Å². The number of hydrogen-bond acceptors (Lipinski definition) is 3. The number of hydrogen-bond donors (Lipinski definition) is 1. The molecule has 0 aliphatic carbocycles. The number of nitrogens with two attached hydrogens (primary N) is 1. The van der Waals surface area contributed by atoms with Gasteiger partial charge in [0.1, 0.15) is 5.75 Å². The third kappa shape index (κ3) is 8.81. The molecule has 0 unspecified atom stereocenters. The van der Waals surface area contributed by atoms with Crippen LogP contribution in [0.25, 0.3) is 0 Å². The van der Waals surface area contributed by atoms with Gasteiger partial charge in [0.2, 0.25) is 0 Å². The van der Waals surface area contributed by atoms with Crippen LogP contribution in [0.4, 0.5) is 5.69 Å². The van der Waals surface area contributed by atoms with Gasteiger partial charge in [0, 0.05) is 25.3 Å². The number of nitrogen functional groups attached to an aromatic ring is 1. The van der Waals surface area contributed by atoms with Gasteiger partial charge >= 0.3 is 0 Å². The summed E-state index contributed by atoms with van der Waals surface area (Å²) in [5, 5.41) is 0. The monoisotopic (exact) mass is 279 g/mol. The number of anilines is 1. The van der Waals surface area contributed by atoms with Crippen LogP contribution in [0.2, 0.25) is 0 Å². The first-order valence-corrected chi connectivity index (χ1v) is 7.89. The van der Waals surface area contributed by atoms with Crippen molar-refractivity contribution in [3.8, 4) is 5.75 Å². The first kappa shape index (κ1) is 16.8. The number of benzene rings is 1. The van der Waals surface area contributed by atoms with Crippen LogP contribution in [-0.4, -0.2) is 19.8 Å². The van der Waals surface area contributed by atoms with Crippen molar-refractivity contribution < 1.29 is 9.47 Å². The second-order valence-electron chi connectivity index (χ2n) is 5.15. The third-order valence-electron chi connectivity index (χ3n) is 3.22. The second-order valence-corrected chi connectivity index (χ2v) is 5.15. The van der Waals surface area contributed by atoms with Gasteiger partial charge in [-0.15, -0.1) is 0 Å². The molecular formula is C17H29NO2. The summed E-state index contributed by atoms with van der Waals surface area (Å²) in [5.41, 5.74) is 6.38. The summed E-state index contributed by atoms with van der Waals surface area (Å²) in [5.74, 6) is 0.870. The molecule has 0 atom stereocenters. The fourth-order valence-electron chi connectivity index (χ4n) is 2.00. The van der Waals surface area contributed by atoms with Crippen molar-refractivity contribution in [2.24, 2.45) is 0 Å². The predicted molar refractivity (Wildman–Crippen MR) is 85.2 cm³/mol. The van der Waals surface area contributed by atoms with E-state index in [-0.39, 0.29) is 0 Å². The van der Waals surface area contributed by atoms with Gasteiger partial charge in [-0.3, -0.25) is 0 Å². The lowest BCUT2D eigenvalue weighted by Gasteiger charge is -2.07. The van der Waals surface area contributed by atoms with E-state index in [4.69, 9.17) is 15.2 Å². The first-order valence-electron chi connectivity index (χ1n) is 7.89. The molecule has 0 aromatic heterocycles. The summed E-state index contributed by atoms with van der Waals surface area (Å²) in [6.07, 6.45) is 8.79. The zero-order valence-electron chi connectivity index (χ0n) is 12.8. The van der Waals surface area contributed by atoms with Crippen LogP contribution in [0.15, 0.2) is 24.3 Å². The Morgan fingerprint density at radius 1 is 0.800 bits per heavy atom. The maximum atomic E-state index is 5.61. The fraction of sp³-hybridized carbons (Fsp3) is 0.647. The van der Waals surface area contributed by atoms with Gasteiger partial charge in [-0.05, 0) is 30.7 Å². The highest BCUT2D eigenvalue weighted by atomic mass is 16.5. The summed E-state index contributed by atoms with van der Waals surface area (Å²) < 4.78 is 11.2. The topological polar surface area (TPSA) is 44.5 Å². The Morgan fingerprint density at radius 2 is 1.45 bits per heavy atom. The Labute approximate surface area is 123 Å². The van der Waals surface area contributed by atoms with Crippen LogP contribution in [0.3, 0.4) is 0 Å². The highest BCUT2D eigenvalue weighted by molar-refractivity contribution is 5.41. The van der Waals surface area contributed by atoms with Gasteiger partial charge in [0.05, 0.1) is 6.61 Å². The fourth-order valence-corrected chi connectivity index (χ4v) is 2.00. The van der Waals surface area contributed by atoms with Gasteiger partial charge in [-0.2, -0.15) is 0 Å². The zero-order valence-corrected chi connectivity index (χ0v) is 12.8. The standard InChI is InChI=1S/C17H29NO2/c1-2-3-4-5-6-7-13-19-14-8-15-20-17-11-9-16(18)10-12-17/h9-12H,2-8,13-15,18H2,1H3. The summed E-state index contributed by atoms with van der Waals surface area (Å²) in [6, 6.07) is 7.49. The number of unbranched alkanes of at least 4 members (excludes halogenated alkanes) is 5. The van der Waals surface area contributed by atoms with E-state index in [1.165, 1.54) is 38.5 Å². The van der Waals surface area contributed by atoms with Crippen molar-refractivity contribution >= 4 is 5.69 Å². The van der Waals surface area contributed by atoms with Gasteiger partial charge in [0.25, 0.3) is 0 Å². The molecule has 20 heavy (non-hydrogen) atoms. The Bertz CT molecular complexity index is 324. The summed E-state index contributed by atoms with van der Waals surface area (Å²) >= 11 is 0. The van der Waals surface area contributed by atoms with E-state index in [1.54, 1.807) is 0 Å². The molecule has 1 aromatic carbocycles. The molecule has 1 aromatic rings. The molecule has 0 spiro atoms. The lowest BCUT2D eigenvalue weighted by Crippen LogP contribution is -2.04. The van der Waals surface area contributed by atoms with Crippen LogP contribution in [-0.2, 0) is 4.74 Å². The zero-order chi connectivity index (χ0) is 14.5. The van der Waals surface area contributed by atoms with Crippen molar-refractivity contribution in [1.82, 2.24) is 0 Å². The van der Waals surface area contributed by atoms with Gasteiger partial charge in [-0.1, -0.05) is 39.0 Å². The molecule has 3 nitrogen and oxygen atoms in total. The SMILES string of the molecule is CCCCCCCCOCCCOc1ccc(N)cc1. The van der Waals surface area contributed by atoms with E-state index in [1.807, 2.05) is 24.3 Å². The quantitative estimate of drug-likeness (QED) is 0.455. The van der Waals surface area contributed by atoms with E-state index in [9.17, 15) is 0 Å². The number of rotatable bonds is 12. The maximum Gasteiger partial charge on any atom is 0.119 e. The van der Waals surface area contributed by atoms with Crippen molar-refractivity contribution in [3.05, 3.63) is 24.3 Å². The highest BCUT2D eigenvalue weighted by Crippen LogP contribution is 2.13. The second kappa shape index (κ2) is 11.6. The molecule has 0 aliphatic heterocycles. The van der Waals surface area contributed by atoms with Crippen molar-refractivity contribution in [2.75, 3.05) is 25.6 Å². The summed E-state index contributed by atoms with van der Waals surface area (Å²) in [6.45, 7) is 4.61. The normalized spacial score (nSPS) is 10.7. The molecule has 2 N–H and O–H groups in total. The minimum absolute atomic E-state index is 0.695. The van der Waals surface area contributed by atoms with Crippen molar-refractivity contribution in [1.29, 1.82) is 0 Å². The lowest BCUT2D eigenvalue weighted by atomic mass is 10.1. The van der Waals surface area contributed by atoms with Gasteiger partial charge in [-0.25, -0.2) is 0 Å². The van der Waals surface area contributed by atoms with Crippen molar-refractivity contribution in [2.45, 2.75) is 51.9 Å². The molecule has 1 rings (SSSR count). The van der Waals surface area contributed by atoms with E-state index < -0.39 is 0 Å². The predicted octanol–water partition coefficient (Wildman–Crippen LogP) is 4.41. The molecule has 0 bridgehead atoms. The van der Waals surface area contributed by atoms with Crippen LogP contribution >= 0.6 is 0 Å². The van der Waals surface area contributed by atoms with E-state index in [0.29, 0.717) is 6.61 Å². The van der Waals surface area contributed by atoms with Gasteiger partial charge in [0.15, 0.2) is 0 Å². The Morgan fingerprint density at radius 3 is 2.20 bits per heavy atom. The highest BCUT2D eigenvalue weighted by Gasteiger charge is 1.95. The third-order valence-corrected chi connectivity index (χ3v) is 3.22. The Balaban J connectivity index is 1.84. The smallest absolute Gasteiger partial charge is 0.119 e. The molecule has 0 radical (unpaired) electrons. The van der Waals surface area contributed by atoms with Crippen molar-refractivity contribution in [3.63, 3.8) is 0 Å². The molecular weight excluding hydrogens is 250 g/mol.